The normalized spacial score (nSPS) is 19.6. The van der Waals surface area contributed by atoms with Crippen LogP contribution in [0.2, 0.25) is 0 Å². The molecule has 1 atom stereocenters. The van der Waals surface area contributed by atoms with Crippen molar-refractivity contribution in [2.75, 3.05) is 30.3 Å². The first kappa shape index (κ1) is 21.9. The van der Waals surface area contributed by atoms with Crippen LogP contribution < -0.4 is 4.90 Å². The number of hydrogen-bond donors (Lipinski definition) is 0. The zero-order chi connectivity index (χ0) is 22.0. The molecule has 8 heteroatoms. The molecule has 0 bridgehead atoms. The molecule has 4 rings (SSSR count). The molecule has 1 aromatic carbocycles. The first-order chi connectivity index (χ1) is 14.9. The quantitative estimate of drug-likeness (QED) is 0.658. The second kappa shape index (κ2) is 9.04. The summed E-state index contributed by atoms with van der Waals surface area (Å²) < 4.78 is 26.0. The molecule has 0 unspecified atom stereocenters. The molecule has 1 fully saturated rings. The lowest BCUT2D eigenvalue weighted by Gasteiger charge is -2.30. The minimum Gasteiger partial charge on any atom is -0.296 e. The van der Waals surface area contributed by atoms with E-state index in [1.54, 1.807) is 11.2 Å². The smallest absolute Gasteiger partial charge is 0.228 e. The van der Waals surface area contributed by atoms with Crippen LogP contribution in [0.4, 0.5) is 5.82 Å². The third-order valence-corrected chi connectivity index (χ3v) is 8.17. The van der Waals surface area contributed by atoms with Gasteiger partial charge in [0.2, 0.25) is 15.9 Å². The summed E-state index contributed by atoms with van der Waals surface area (Å²) >= 11 is 0. The van der Waals surface area contributed by atoms with E-state index >= 15 is 0 Å². The lowest BCUT2D eigenvalue weighted by molar-refractivity contribution is -0.119. The number of nitrogens with zero attached hydrogens (tertiary/aromatic N) is 4. The van der Waals surface area contributed by atoms with Gasteiger partial charge in [-0.15, -0.1) is 0 Å². The fraction of sp³-hybridized carbons (Fsp3) is 0.522. The van der Waals surface area contributed by atoms with Crippen LogP contribution >= 0.6 is 0 Å². The van der Waals surface area contributed by atoms with Crippen LogP contribution in [0.25, 0.3) is 0 Å². The maximum atomic E-state index is 12.7. The van der Waals surface area contributed by atoms with Gasteiger partial charge in [0.15, 0.2) is 0 Å². The zero-order valence-corrected chi connectivity index (χ0v) is 19.1. The van der Waals surface area contributed by atoms with Crippen LogP contribution in [0.5, 0.6) is 0 Å². The minimum atomic E-state index is -3.21. The topological polar surface area (TPSA) is 83.5 Å². The number of amides is 1. The second-order valence-electron chi connectivity index (χ2n) is 8.35. The lowest BCUT2D eigenvalue weighted by atomic mass is 10.0. The average molecular weight is 443 g/mol. The van der Waals surface area contributed by atoms with Crippen molar-refractivity contribution in [2.24, 2.45) is 0 Å². The summed E-state index contributed by atoms with van der Waals surface area (Å²) in [6, 6.07) is 10.3. The number of sulfonamides is 1. The molecule has 3 heterocycles. The summed E-state index contributed by atoms with van der Waals surface area (Å²) in [6.45, 7) is 5.17. The largest absolute Gasteiger partial charge is 0.296 e. The third-order valence-electron chi connectivity index (χ3n) is 6.32. The first-order valence-corrected chi connectivity index (χ1v) is 12.7. The molecule has 1 saturated heterocycles. The molecule has 0 N–H and O–H groups in total. The maximum Gasteiger partial charge on any atom is 0.228 e. The van der Waals surface area contributed by atoms with Gasteiger partial charge in [-0.25, -0.2) is 22.7 Å². The number of rotatable bonds is 7. The van der Waals surface area contributed by atoms with Crippen molar-refractivity contribution < 1.29 is 13.2 Å². The Labute approximate surface area is 184 Å². The van der Waals surface area contributed by atoms with Gasteiger partial charge in [-0.1, -0.05) is 30.3 Å². The van der Waals surface area contributed by atoms with Crippen LogP contribution in [-0.4, -0.2) is 54.0 Å². The number of aryl methyl sites for hydroxylation is 2. The predicted octanol–water partition coefficient (Wildman–Crippen LogP) is 2.84. The SMILES string of the molecule is CCS(=O)(=O)N1CC[C@H](c2nc(C)c3c(n2)N(CCCc2ccccc2)C(=O)CC3)C1. The highest BCUT2D eigenvalue weighted by atomic mass is 32.2. The summed E-state index contributed by atoms with van der Waals surface area (Å²) in [6.07, 6.45) is 3.62. The van der Waals surface area contributed by atoms with Crippen LogP contribution in [0.3, 0.4) is 0 Å². The van der Waals surface area contributed by atoms with Gasteiger partial charge in [0, 0.05) is 43.2 Å². The molecular formula is C23H30N4O3S. The van der Waals surface area contributed by atoms with Gasteiger partial charge in [0.25, 0.3) is 0 Å². The summed E-state index contributed by atoms with van der Waals surface area (Å²) in [7, 11) is -3.21. The Bertz CT molecular complexity index is 1060. The van der Waals surface area contributed by atoms with Crippen LogP contribution in [0.15, 0.2) is 30.3 Å². The molecular weight excluding hydrogens is 412 g/mol. The standard InChI is InChI=1S/C23H30N4O3S/c1-3-31(29,30)26-15-13-19(16-26)22-24-17(2)20-11-12-21(28)27(23(20)25-22)14-7-10-18-8-5-4-6-9-18/h4-6,8-9,19H,3,7,10-16H2,1-2H3/t19-/m0/s1. The van der Waals surface area contributed by atoms with Crippen molar-refractivity contribution in [3.63, 3.8) is 0 Å². The van der Waals surface area contributed by atoms with E-state index in [4.69, 9.17) is 9.97 Å². The maximum absolute atomic E-state index is 12.7. The van der Waals surface area contributed by atoms with Crippen LogP contribution in [0.1, 0.15) is 54.7 Å². The van der Waals surface area contributed by atoms with Crippen LogP contribution in [0, 0.1) is 6.92 Å². The van der Waals surface area contributed by atoms with E-state index in [1.165, 1.54) is 5.56 Å². The molecule has 0 spiro atoms. The Morgan fingerprint density at radius 1 is 1.13 bits per heavy atom. The van der Waals surface area contributed by atoms with E-state index < -0.39 is 10.0 Å². The predicted molar refractivity (Wildman–Crippen MR) is 121 cm³/mol. The van der Waals surface area contributed by atoms with E-state index in [9.17, 15) is 13.2 Å². The van der Waals surface area contributed by atoms with E-state index in [0.717, 1.165) is 29.9 Å². The van der Waals surface area contributed by atoms with Gasteiger partial charge < -0.3 is 0 Å². The van der Waals surface area contributed by atoms with Gasteiger partial charge in [-0.2, -0.15) is 0 Å². The zero-order valence-electron chi connectivity index (χ0n) is 18.2. The molecule has 0 saturated carbocycles. The second-order valence-corrected chi connectivity index (χ2v) is 10.6. The first-order valence-electron chi connectivity index (χ1n) is 11.1. The van der Waals surface area contributed by atoms with Crippen molar-refractivity contribution in [3.8, 4) is 0 Å². The van der Waals surface area contributed by atoms with Crippen molar-refractivity contribution >= 4 is 21.7 Å². The van der Waals surface area contributed by atoms with Crippen LogP contribution in [-0.2, 0) is 27.7 Å². The number of fused-ring (bicyclic) bond motifs is 1. The van der Waals surface area contributed by atoms with Crippen molar-refractivity contribution in [2.45, 2.75) is 51.9 Å². The van der Waals surface area contributed by atoms with E-state index in [-0.39, 0.29) is 17.6 Å². The van der Waals surface area contributed by atoms with Gasteiger partial charge >= 0.3 is 0 Å². The molecule has 7 nitrogen and oxygen atoms in total. The van der Waals surface area contributed by atoms with E-state index in [2.05, 4.69) is 12.1 Å². The molecule has 0 aliphatic carbocycles. The highest BCUT2D eigenvalue weighted by Crippen LogP contribution is 2.33. The van der Waals surface area contributed by atoms with Gasteiger partial charge in [0.1, 0.15) is 11.6 Å². The van der Waals surface area contributed by atoms with Gasteiger partial charge in [-0.3, -0.25) is 9.69 Å². The molecule has 2 aliphatic heterocycles. The molecule has 0 radical (unpaired) electrons. The van der Waals surface area contributed by atoms with Crippen molar-refractivity contribution in [3.05, 3.63) is 53.0 Å². The fourth-order valence-corrected chi connectivity index (χ4v) is 5.63. The number of carbonyl (C=O) groups excluding carboxylic acids is 1. The summed E-state index contributed by atoms with van der Waals surface area (Å²) in [4.78, 5) is 24.1. The van der Waals surface area contributed by atoms with E-state index in [0.29, 0.717) is 44.7 Å². The number of hydrogen-bond acceptors (Lipinski definition) is 5. The Morgan fingerprint density at radius 3 is 2.65 bits per heavy atom. The van der Waals surface area contributed by atoms with Crippen molar-refractivity contribution in [1.29, 1.82) is 0 Å². The number of benzene rings is 1. The lowest BCUT2D eigenvalue weighted by Crippen LogP contribution is -2.38. The summed E-state index contributed by atoms with van der Waals surface area (Å²) in [5.74, 6) is 1.56. The van der Waals surface area contributed by atoms with Crippen molar-refractivity contribution in [1.82, 2.24) is 14.3 Å². The summed E-state index contributed by atoms with van der Waals surface area (Å²) in [5.41, 5.74) is 3.20. The Morgan fingerprint density at radius 2 is 1.90 bits per heavy atom. The minimum absolute atomic E-state index is 0.0338. The Kier molecular flexibility index (Phi) is 6.39. The molecule has 166 valence electrons. The Balaban J connectivity index is 1.54. The molecule has 1 aromatic heterocycles. The number of aromatic nitrogens is 2. The molecule has 31 heavy (non-hydrogen) atoms. The Hall–Kier alpha value is -2.32. The fourth-order valence-electron chi connectivity index (χ4n) is 4.48. The monoisotopic (exact) mass is 442 g/mol. The van der Waals surface area contributed by atoms with Gasteiger partial charge in [0.05, 0.1) is 5.75 Å². The third kappa shape index (κ3) is 4.65. The molecule has 2 aliphatic rings. The number of anilines is 1. The molecule has 1 amide bonds. The number of carbonyl (C=O) groups is 1. The highest BCUT2D eigenvalue weighted by molar-refractivity contribution is 7.89. The average Bonchev–Trinajstić information content (AvgIpc) is 3.27. The molecule has 2 aromatic rings. The van der Waals surface area contributed by atoms with Gasteiger partial charge in [-0.05, 0) is 45.1 Å². The summed E-state index contributed by atoms with van der Waals surface area (Å²) in [5, 5.41) is 0. The van der Waals surface area contributed by atoms with E-state index in [1.807, 2.05) is 30.0 Å². The highest BCUT2D eigenvalue weighted by Gasteiger charge is 2.34.